The molecule has 0 aliphatic heterocycles. The fourth-order valence-electron chi connectivity index (χ4n) is 2.48. The predicted molar refractivity (Wildman–Crippen MR) is 84.6 cm³/mol. The van der Waals surface area contributed by atoms with Crippen LogP contribution in [0.1, 0.15) is 66.7 Å². The average Bonchev–Trinajstić information content (AvgIpc) is 2.39. The van der Waals surface area contributed by atoms with E-state index in [-0.39, 0.29) is 12.0 Å². The third kappa shape index (κ3) is 7.25. The van der Waals surface area contributed by atoms with E-state index >= 15 is 0 Å². The molecule has 0 rings (SSSR count). The molecule has 0 saturated heterocycles. The van der Waals surface area contributed by atoms with Gasteiger partial charge in [-0.15, -0.1) is 0 Å². The van der Waals surface area contributed by atoms with Gasteiger partial charge in [-0.3, -0.25) is 4.79 Å². The number of rotatable bonds is 12. The maximum absolute atomic E-state index is 11.6. The van der Waals surface area contributed by atoms with Crippen molar-refractivity contribution >= 4 is 5.91 Å². The Hall–Kier alpha value is -0.610. The Morgan fingerprint density at radius 1 is 1.35 bits per heavy atom. The number of hydrogen-bond donors (Lipinski definition) is 2. The monoisotopic (exact) mass is 286 g/mol. The quantitative estimate of drug-likeness (QED) is 0.580. The van der Waals surface area contributed by atoms with Crippen molar-refractivity contribution in [2.75, 3.05) is 13.2 Å². The molecular weight excluding hydrogens is 252 g/mol. The Labute approximate surface area is 124 Å². The molecule has 3 N–H and O–H groups in total. The van der Waals surface area contributed by atoms with Crippen LogP contribution < -0.4 is 11.1 Å². The van der Waals surface area contributed by atoms with Gasteiger partial charge in [-0.2, -0.15) is 0 Å². The largest absolute Gasteiger partial charge is 0.378 e. The van der Waals surface area contributed by atoms with E-state index in [9.17, 15) is 4.79 Å². The van der Waals surface area contributed by atoms with Gasteiger partial charge in [0.15, 0.2) is 0 Å². The summed E-state index contributed by atoms with van der Waals surface area (Å²) < 4.78 is 5.94. The van der Waals surface area contributed by atoms with Gasteiger partial charge in [0.25, 0.3) is 0 Å². The Balaban J connectivity index is 4.25. The van der Waals surface area contributed by atoms with Gasteiger partial charge in [-0.1, -0.05) is 40.0 Å². The highest BCUT2D eigenvalue weighted by Crippen LogP contribution is 2.18. The first-order valence-electron chi connectivity index (χ1n) is 8.06. The molecule has 3 atom stereocenters. The second-order valence-electron chi connectivity index (χ2n) is 5.99. The fourth-order valence-corrected chi connectivity index (χ4v) is 2.48. The number of amides is 1. The molecule has 120 valence electrons. The Bertz CT molecular complexity index is 271. The van der Waals surface area contributed by atoms with Gasteiger partial charge in [0.2, 0.25) is 5.91 Å². The van der Waals surface area contributed by atoms with Crippen molar-refractivity contribution in [1.82, 2.24) is 5.32 Å². The molecule has 0 aromatic rings. The predicted octanol–water partition coefficient (Wildman–Crippen LogP) is 2.85. The van der Waals surface area contributed by atoms with Crippen LogP contribution in [-0.2, 0) is 9.53 Å². The van der Waals surface area contributed by atoms with Crippen LogP contribution in [0.4, 0.5) is 0 Å². The van der Waals surface area contributed by atoms with Crippen molar-refractivity contribution in [2.24, 2.45) is 11.7 Å². The normalized spacial score (nSPS) is 17.4. The summed E-state index contributed by atoms with van der Waals surface area (Å²) in [5, 5.41) is 3.17. The van der Waals surface area contributed by atoms with Crippen molar-refractivity contribution < 1.29 is 9.53 Å². The summed E-state index contributed by atoms with van der Waals surface area (Å²) in [7, 11) is 0. The lowest BCUT2D eigenvalue weighted by atomic mass is 9.93. The maximum atomic E-state index is 11.6. The second-order valence-corrected chi connectivity index (χ2v) is 5.99. The molecule has 0 aliphatic carbocycles. The Morgan fingerprint density at radius 2 is 2.00 bits per heavy atom. The summed E-state index contributed by atoms with van der Waals surface area (Å²) in [6, 6.07) is 0. The molecule has 0 aromatic heterocycles. The van der Waals surface area contributed by atoms with E-state index in [2.05, 4.69) is 19.2 Å². The molecule has 0 radical (unpaired) electrons. The molecule has 0 spiro atoms. The summed E-state index contributed by atoms with van der Waals surface area (Å²) in [5.41, 5.74) is 4.81. The van der Waals surface area contributed by atoms with Gasteiger partial charge in [-0.05, 0) is 32.7 Å². The first-order chi connectivity index (χ1) is 9.39. The lowest BCUT2D eigenvalue weighted by Gasteiger charge is -2.30. The minimum Gasteiger partial charge on any atom is -0.378 e. The zero-order valence-corrected chi connectivity index (χ0v) is 14.0. The molecule has 0 fully saturated rings. The van der Waals surface area contributed by atoms with Gasteiger partial charge < -0.3 is 15.8 Å². The molecule has 0 aromatic carbocycles. The number of likely N-dealkylation sites (N-methyl/N-ethyl adjacent to an activating group) is 1. The molecule has 0 saturated carbocycles. The summed E-state index contributed by atoms with van der Waals surface area (Å²) in [6.07, 6.45) is 5.49. The zero-order chi connectivity index (χ0) is 15.6. The molecule has 20 heavy (non-hydrogen) atoms. The van der Waals surface area contributed by atoms with Crippen LogP contribution in [0.25, 0.3) is 0 Å². The van der Waals surface area contributed by atoms with Gasteiger partial charge in [0.05, 0.1) is 11.6 Å². The van der Waals surface area contributed by atoms with Crippen LogP contribution >= 0.6 is 0 Å². The van der Waals surface area contributed by atoms with Crippen LogP contribution in [0.2, 0.25) is 0 Å². The number of hydrogen-bond acceptors (Lipinski definition) is 3. The third-order valence-corrected chi connectivity index (χ3v) is 3.97. The van der Waals surface area contributed by atoms with E-state index in [1.165, 1.54) is 19.3 Å². The van der Waals surface area contributed by atoms with E-state index in [0.29, 0.717) is 12.3 Å². The lowest BCUT2D eigenvalue weighted by molar-refractivity contribution is -0.125. The van der Waals surface area contributed by atoms with E-state index in [0.717, 1.165) is 19.6 Å². The Kier molecular flexibility index (Phi) is 9.86. The molecule has 4 nitrogen and oxygen atoms in total. The van der Waals surface area contributed by atoms with Crippen LogP contribution in [0.15, 0.2) is 0 Å². The number of nitrogens with two attached hydrogens (primary N) is 1. The summed E-state index contributed by atoms with van der Waals surface area (Å²) >= 11 is 0. The molecule has 0 bridgehead atoms. The molecular formula is C16H34N2O2. The number of primary amides is 1. The second kappa shape index (κ2) is 10.2. The third-order valence-electron chi connectivity index (χ3n) is 3.97. The van der Waals surface area contributed by atoms with Crippen molar-refractivity contribution in [2.45, 2.75) is 78.4 Å². The van der Waals surface area contributed by atoms with E-state index < -0.39 is 5.54 Å². The minimum absolute atomic E-state index is 0.0298. The molecule has 0 aliphatic rings. The average molecular weight is 286 g/mol. The number of ether oxygens (including phenoxy) is 1. The van der Waals surface area contributed by atoms with Crippen LogP contribution in [0.5, 0.6) is 0 Å². The zero-order valence-electron chi connectivity index (χ0n) is 14.0. The number of carbonyl (C=O) groups excluding carboxylic acids is 1. The van der Waals surface area contributed by atoms with Crippen molar-refractivity contribution in [1.29, 1.82) is 0 Å². The topological polar surface area (TPSA) is 64.3 Å². The highest BCUT2D eigenvalue weighted by Gasteiger charge is 2.32. The number of nitrogens with one attached hydrogen (secondary N) is 1. The van der Waals surface area contributed by atoms with Gasteiger partial charge >= 0.3 is 0 Å². The molecule has 3 unspecified atom stereocenters. The minimum atomic E-state index is -0.681. The molecule has 4 heteroatoms. The highest BCUT2D eigenvalue weighted by molar-refractivity contribution is 5.84. The summed E-state index contributed by atoms with van der Waals surface area (Å²) in [6.45, 7) is 11.8. The van der Waals surface area contributed by atoms with Gasteiger partial charge in [-0.25, -0.2) is 0 Å². The van der Waals surface area contributed by atoms with Gasteiger partial charge in [0.1, 0.15) is 0 Å². The summed E-state index contributed by atoms with van der Waals surface area (Å²) in [5.74, 6) is 0.309. The van der Waals surface area contributed by atoms with Crippen LogP contribution in [-0.4, -0.2) is 30.7 Å². The smallest absolute Gasteiger partial charge is 0.237 e. The van der Waals surface area contributed by atoms with Crippen molar-refractivity contribution in [3.05, 3.63) is 0 Å². The van der Waals surface area contributed by atoms with Crippen LogP contribution in [0, 0.1) is 5.92 Å². The lowest BCUT2D eigenvalue weighted by Crippen LogP contribution is -2.54. The maximum Gasteiger partial charge on any atom is 0.237 e. The van der Waals surface area contributed by atoms with Crippen molar-refractivity contribution in [3.8, 4) is 0 Å². The number of carbonyl (C=O) groups is 1. The standard InChI is InChI=1S/C16H34N2O2/c1-6-9-10-14(7-2)12-20-13(4)11-16(5,15(17)19)18-8-3/h13-14,18H,6-12H2,1-5H3,(H2,17,19). The van der Waals surface area contributed by atoms with E-state index in [1.807, 2.05) is 20.8 Å². The van der Waals surface area contributed by atoms with E-state index in [1.54, 1.807) is 0 Å². The first-order valence-corrected chi connectivity index (χ1v) is 8.06. The molecule has 1 amide bonds. The number of unbranched alkanes of at least 4 members (excludes halogenated alkanes) is 1. The fraction of sp³-hybridized carbons (Fsp3) is 0.938. The van der Waals surface area contributed by atoms with E-state index in [4.69, 9.17) is 10.5 Å². The Morgan fingerprint density at radius 3 is 2.45 bits per heavy atom. The van der Waals surface area contributed by atoms with Crippen molar-refractivity contribution in [3.63, 3.8) is 0 Å². The SMILES string of the molecule is CCCCC(CC)COC(C)CC(C)(NCC)C(N)=O. The summed E-state index contributed by atoms with van der Waals surface area (Å²) in [4.78, 5) is 11.6. The van der Waals surface area contributed by atoms with Crippen LogP contribution in [0.3, 0.4) is 0 Å². The van der Waals surface area contributed by atoms with Gasteiger partial charge in [0, 0.05) is 13.0 Å². The first kappa shape index (κ1) is 19.4. The molecule has 0 heterocycles. The highest BCUT2D eigenvalue weighted by atomic mass is 16.5.